The van der Waals surface area contributed by atoms with Gasteiger partial charge in [0.2, 0.25) is 0 Å². The van der Waals surface area contributed by atoms with Crippen LogP contribution in [-0.4, -0.2) is 66.7 Å². The molecule has 1 saturated heterocycles. The maximum atomic E-state index is 9.87. The van der Waals surface area contributed by atoms with E-state index in [1.807, 2.05) is 6.07 Å². The average Bonchev–Trinajstić information content (AvgIpc) is 2.85. The molecule has 0 aliphatic carbocycles. The maximum Gasteiger partial charge on any atom is 0.137 e. The van der Waals surface area contributed by atoms with Gasteiger partial charge < -0.3 is 14.7 Å². The summed E-state index contributed by atoms with van der Waals surface area (Å²) in [7, 11) is 0. The number of ether oxygens (including phenoxy) is 1. The second kappa shape index (κ2) is 8.33. The summed E-state index contributed by atoms with van der Waals surface area (Å²) in [5.74, 6) is 1.30. The number of phenolic OH excluding ortho intramolecular Hbond substituents is 1. The van der Waals surface area contributed by atoms with Crippen molar-refractivity contribution in [2.75, 3.05) is 45.9 Å². The van der Waals surface area contributed by atoms with E-state index < -0.39 is 0 Å². The van der Waals surface area contributed by atoms with E-state index in [1.54, 1.807) is 23.9 Å². The molecule has 2 aromatic rings. The smallest absolute Gasteiger partial charge is 0.137 e. The van der Waals surface area contributed by atoms with Crippen LogP contribution in [0.5, 0.6) is 5.75 Å². The van der Waals surface area contributed by atoms with Gasteiger partial charge in [0.1, 0.15) is 11.6 Å². The molecule has 5 nitrogen and oxygen atoms in total. The zero-order chi connectivity index (χ0) is 18.6. The van der Waals surface area contributed by atoms with Crippen LogP contribution in [0.15, 0.2) is 57.2 Å². The Balaban J connectivity index is 1.58. The van der Waals surface area contributed by atoms with Gasteiger partial charge in [0.15, 0.2) is 0 Å². The number of phenols is 1. The Labute approximate surface area is 164 Å². The summed E-state index contributed by atoms with van der Waals surface area (Å²) >= 11 is 1.67. The number of hydrogen-bond donors (Lipinski definition) is 1. The number of nitrogens with zero attached hydrogens (tertiary/aromatic N) is 3. The molecular weight excluding hydrogens is 358 g/mol. The van der Waals surface area contributed by atoms with Crippen molar-refractivity contribution in [3.05, 3.63) is 55.0 Å². The lowest BCUT2D eigenvalue weighted by molar-refractivity contribution is 0.103. The fourth-order valence-corrected chi connectivity index (χ4v) is 4.48. The molecule has 0 atom stereocenters. The summed E-state index contributed by atoms with van der Waals surface area (Å²) in [5, 5.41) is 9.87. The Hall–Kier alpha value is -2.02. The van der Waals surface area contributed by atoms with E-state index in [0.29, 0.717) is 6.61 Å². The van der Waals surface area contributed by atoms with E-state index >= 15 is 0 Å². The number of fused-ring (bicyclic) bond motifs is 2. The predicted molar refractivity (Wildman–Crippen MR) is 109 cm³/mol. The van der Waals surface area contributed by atoms with Crippen molar-refractivity contribution in [3.63, 3.8) is 0 Å². The molecule has 6 heteroatoms. The Kier molecular flexibility index (Phi) is 5.66. The monoisotopic (exact) mass is 382 g/mol. The number of amidine groups is 1. The van der Waals surface area contributed by atoms with Gasteiger partial charge in [0.05, 0.1) is 12.3 Å². The number of piperazine rings is 1. The lowest BCUT2D eigenvalue weighted by atomic mass is 10.1. The molecule has 27 heavy (non-hydrogen) atoms. The van der Waals surface area contributed by atoms with Gasteiger partial charge in [-0.25, -0.2) is 4.99 Å². The average molecular weight is 383 g/mol. The summed E-state index contributed by atoms with van der Waals surface area (Å²) in [6.07, 6.45) is 0. The zero-order valence-corrected chi connectivity index (χ0v) is 16.1. The molecule has 0 amide bonds. The molecule has 2 heterocycles. The number of hydrogen-bond acceptors (Lipinski definition) is 6. The fourth-order valence-electron chi connectivity index (χ4n) is 3.43. The SMILES string of the molecule is [CH2]COCCN1CCN(C2=Nc3ccc(O)cc3Sc3ccccc32)CC1. The Morgan fingerprint density at radius 1 is 1.07 bits per heavy atom. The quantitative estimate of drug-likeness (QED) is 0.822. The molecule has 2 aliphatic heterocycles. The summed E-state index contributed by atoms with van der Waals surface area (Å²) in [4.78, 5) is 12.0. The van der Waals surface area contributed by atoms with Gasteiger partial charge in [-0.1, -0.05) is 30.0 Å². The van der Waals surface area contributed by atoms with E-state index in [0.717, 1.165) is 61.3 Å². The first kappa shape index (κ1) is 18.3. The van der Waals surface area contributed by atoms with Crippen LogP contribution >= 0.6 is 11.8 Å². The number of benzene rings is 2. The standard InChI is InChI=1S/C21H24N3O2S/c1-2-26-14-13-23-9-11-24(12-10-23)21-17-5-3-4-6-19(17)27-20-15-16(25)7-8-18(20)22-21/h3-8,15,25H,1-2,9-14H2. The molecule has 0 bridgehead atoms. The second-order valence-electron chi connectivity index (χ2n) is 6.63. The van der Waals surface area contributed by atoms with Crippen molar-refractivity contribution < 1.29 is 9.84 Å². The minimum atomic E-state index is 0.274. The van der Waals surface area contributed by atoms with Crippen molar-refractivity contribution in [2.45, 2.75) is 9.79 Å². The van der Waals surface area contributed by atoms with Gasteiger partial charge in [-0.2, -0.15) is 0 Å². The van der Waals surface area contributed by atoms with Crippen LogP contribution in [0.3, 0.4) is 0 Å². The Morgan fingerprint density at radius 2 is 1.89 bits per heavy atom. The van der Waals surface area contributed by atoms with Crippen LogP contribution < -0.4 is 0 Å². The lowest BCUT2D eigenvalue weighted by Gasteiger charge is -2.36. The molecule has 0 unspecified atom stereocenters. The molecule has 141 valence electrons. The summed E-state index contributed by atoms with van der Waals surface area (Å²) in [6, 6.07) is 13.8. The first-order valence-corrected chi connectivity index (χ1v) is 10.1. The third-order valence-corrected chi connectivity index (χ3v) is 6.01. The molecule has 0 saturated carbocycles. The van der Waals surface area contributed by atoms with Gasteiger partial charge in [-0.15, -0.1) is 0 Å². The maximum absolute atomic E-state index is 9.87. The highest BCUT2D eigenvalue weighted by molar-refractivity contribution is 7.99. The molecule has 4 rings (SSSR count). The Bertz CT molecular complexity index is 832. The van der Waals surface area contributed by atoms with Crippen LogP contribution in [-0.2, 0) is 4.74 Å². The minimum Gasteiger partial charge on any atom is -0.508 e. The van der Waals surface area contributed by atoms with Crippen LogP contribution in [0.2, 0.25) is 0 Å². The van der Waals surface area contributed by atoms with Crippen LogP contribution in [0, 0.1) is 6.92 Å². The third-order valence-electron chi connectivity index (χ3n) is 4.89. The van der Waals surface area contributed by atoms with Gasteiger partial charge in [0.25, 0.3) is 0 Å². The molecule has 1 N–H and O–H groups in total. The first-order valence-electron chi connectivity index (χ1n) is 9.28. The van der Waals surface area contributed by atoms with E-state index in [-0.39, 0.29) is 5.75 Å². The van der Waals surface area contributed by atoms with E-state index in [2.05, 4.69) is 41.0 Å². The van der Waals surface area contributed by atoms with Crippen LogP contribution in [0.25, 0.3) is 0 Å². The highest BCUT2D eigenvalue weighted by Gasteiger charge is 2.25. The fraction of sp³-hybridized carbons (Fsp3) is 0.333. The zero-order valence-electron chi connectivity index (χ0n) is 15.3. The van der Waals surface area contributed by atoms with Crippen LogP contribution in [0.4, 0.5) is 5.69 Å². The van der Waals surface area contributed by atoms with Crippen molar-refractivity contribution >= 4 is 23.3 Å². The van der Waals surface area contributed by atoms with Crippen molar-refractivity contribution in [1.82, 2.24) is 9.80 Å². The summed E-state index contributed by atoms with van der Waals surface area (Å²) in [5.41, 5.74) is 2.07. The largest absolute Gasteiger partial charge is 0.508 e. The van der Waals surface area contributed by atoms with E-state index in [4.69, 9.17) is 9.73 Å². The third kappa shape index (κ3) is 4.13. The number of aromatic hydroxyl groups is 1. The van der Waals surface area contributed by atoms with Crippen molar-refractivity contribution in [1.29, 1.82) is 0 Å². The number of aliphatic imine (C=N–C) groups is 1. The highest BCUT2D eigenvalue weighted by Crippen LogP contribution is 2.42. The first-order chi connectivity index (χ1) is 13.2. The van der Waals surface area contributed by atoms with E-state index in [1.165, 1.54) is 4.90 Å². The van der Waals surface area contributed by atoms with E-state index in [9.17, 15) is 5.11 Å². The highest BCUT2D eigenvalue weighted by atomic mass is 32.2. The van der Waals surface area contributed by atoms with Crippen LogP contribution in [0.1, 0.15) is 5.56 Å². The van der Waals surface area contributed by atoms with Gasteiger partial charge >= 0.3 is 0 Å². The predicted octanol–water partition coefficient (Wildman–Crippen LogP) is 3.40. The Morgan fingerprint density at radius 3 is 2.70 bits per heavy atom. The second-order valence-corrected chi connectivity index (χ2v) is 7.71. The molecule has 0 aromatic heterocycles. The normalized spacial score (nSPS) is 17.1. The molecular formula is C21H24N3O2S. The van der Waals surface area contributed by atoms with Crippen molar-refractivity contribution in [2.24, 2.45) is 4.99 Å². The van der Waals surface area contributed by atoms with Crippen molar-refractivity contribution in [3.8, 4) is 5.75 Å². The summed E-state index contributed by atoms with van der Waals surface area (Å²) in [6.45, 7) is 9.80. The molecule has 2 aromatic carbocycles. The van der Waals surface area contributed by atoms with Gasteiger partial charge in [-0.3, -0.25) is 4.90 Å². The van der Waals surface area contributed by atoms with Gasteiger partial charge in [0, 0.05) is 54.7 Å². The minimum absolute atomic E-state index is 0.274. The topological polar surface area (TPSA) is 48.3 Å². The molecule has 2 aliphatic rings. The molecule has 1 fully saturated rings. The van der Waals surface area contributed by atoms with Gasteiger partial charge in [-0.05, 0) is 31.2 Å². The summed E-state index contributed by atoms with van der Waals surface area (Å²) < 4.78 is 5.38. The molecule has 1 radical (unpaired) electrons. The lowest BCUT2D eigenvalue weighted by Crippen LogP contribution is -2.49. The molecule has 0 spiro atoms. The number of rotatable bonds is 4.